The van der Waals surface area contributed by atoms with Gasteiger partial charge in [0.2, 0.25) is 15.9 Å². The second-order valence-electron chi connectivity index (χ2n) is 5.83. The van der Waals surface area contributed by atoms with Crippen molar-refractivity contribution in [1.82, 2.24) is 4.72 Å². The number of ether oxygens (including phenoxy) is 1. The van der Waals surface area contributed by atoms with Gasteiger partial charge >= 0.3 is 0 Å². The van der Waals surface area contributed by atoms with E-state index in [2.05, 4.69) is 4.72 Å². The molecule has 1 heterocycles. The predicted molar refractivity (Wildman–Crippen MR) is 84.7 cm³/mol. The van der Waals surface area contributed by atoms with Crippen LogP contribution in [0.4, 0.5) is 5.69 Å². The lowest BCUT2D eigenvalue weighted by atomic mass is 10.0. The van der Waals surface area contributed by atoms with Gasteiger partial charge in [-0.2, -0.15) is 0 Å². The summed E-state index contributed by atoms with van der Waals surface area (Å²) in [6.45, 7) is 7.99. The molecule has 0 fully saturated rings. The van der Waals surface area contributed by atoms with Crippen molar-refractivity contribution in [2.75, 3.05) is 18.0 Å². The summed E-state index contributed by atoms with van der Waals surface area (Å²) in [7, 11) is -3.57. The Labute approximate surface area is 131 Å². The second-order valence-corrected chi connectivity index (χ2v) is 7.59. The third-order valence-corrected chi connectivity index (χ3v) is 4.94. The summed E-state index contributed by atoms with van der Waals surface area (Å²) in [5.41, 5.74) is -0.00923. The van der Waals surface area contributed by atoms with Crippen molar-refractivity contribution in [3.8, 4) is 5.75 Å². The minimum atomic E-state index is -3.57. The predicted octanol–water partition coefficient (Wildman–Crippen LogP) is 1.90. The molecule has 0 bridgehead atoms. The van der Waals surface area contributed by atoms with Gasteiger partial charge in [-0.15, -0.1) is 0 Å². The normalized spacial score (nSPS) is 16.8. The maximum absolute atomic E-state index is 12.2. The third kappa shape index (κ3) is 3.25. The van der Waals surface area contributed by atoms with Crippen LogP contribution in [0.3, 0.4) is 0 Å². The van der Waals surface area contributed by atoms with E-state index in [4.69, 9.17) is 4.74 Å². The molecule has 7 heteroatoms. The van der Waals surface area contributed by atoms with Crippen LogP contribution in [-0.4, -0.2) is 33.0 Å². The molecule has 1 amide bonds. The highest BCUT2D eigenvalue weighted by Crippen LogP contribution is 2.38. The number of carbonyl (C=O) groups excluding carboxylic acids is 1. The van der Waals surface area contributed by atoms with E-state index in [1.54, 1.807) is 24.8 Å². The maximum Gasteiger partial charge on any atom is 0.240 e. The molecule has 1 aliphatic rings. The first-order valence-electron chi connectivity index (χ1n) is 7.33. The molecule has 0 saturated carbocycles. The largest absolute Gasteiger partial charge is 0.484 e. The molecule has 1 N–H and O–H groups in total. The van der Waals surface area contributed by atoms with E-state index in [9.17, 15) is 13.2 Å². The van der Waals surface area contributed by atoms with Crippen molar-refractivity contribution in [3.63, 3.8) is 0 Å². The van der Waals surface area contributed by atoms with Gasteiger partial charge < -0.3 is 9.64 Å². The van der Waals surface area contributed by atoms with Gasteiger partial charge in [0.05, 0.1) is 17.1 Å². The van der Waals surface area contributed by atoms with Crippen molar-refractivity contribution in [2.24, 2.45) is 0 Å². The number of hydrogen-bond donors (Lipinski definition) is 1. The Hall–Kier alpha value is -1.60. The first-order chi connectivity index (χ1) is 10.2. The lowest BCUT2D eigenvalue weighted by Crippen LogP contribution is -2.49. The summed E-state index contributed by atoms with van der Waals surface area (Å²) in [5.74, 6) is 0.462. The molecule has 1 aromatic rings. The standard InChI is InChI=1S/C15H22N2O4S/c1-5-14(18)17-10-15(3,4)21-13-8-7-11(9-12(13)17)22(19,20)16-6-2/h7-9,16H,5-6,10H2,1-4H3. The van der Waals surface area contributed by atoms with Gasteiger partial charge in [-0.1, -0.05) is 13.8 Å². The Balaban J connectivity index is 2.52. The molecule has 0 saturated heterocycles. The number of sulfonamides is 1. The molecule has 0 atom stereocenters. The zero-order chi connectivity index (χ0) is 16.5. The fraction of sp³-hybridized carbons (Fsp3) is 0.533. The molecule has 1 aliphatic heterocycles. The molecule has 0 aliphatic carbocycles. The van der Waals surface area contributed by atoms with Crippen LogP contribution in [-0.2, 0) is 14.8 Å². The number of carbonyl (C=O) groups is 1. The molecule has 0 aromatic heterocycles. The Kier molecular flexibility index (Phi) is 4.49. The number of anilines is 1. The number of nitrogens with one attached hydrogen (secondary N) is 1. The minimum Gasteiger partial charge on any atom is -0.484 e. The lowest BCUT2D eigenvalue weighted by Gasteiger charge is -2.39. The highest BCUT2D eigenvalue weighted by atomic mass is 32.2. The number of hydrogen-bond acceptors (Lipinski definition) is 4. The van der Waals surface area contributed by atoms with Crippen LogP contribution in [0.5, 0.6) is 5.75 Å². The molecule has 122 valence electrons. The summed E-state index contributed by atoms with van der Waals surface area (Å²) < 4.78 is 32.6. The van der Waals surface area contributed by atoms with Crippen LogP contribution in [0.15, 0.2) is 23.1 Å². The van der Waals surface area contributed by atoms with E-state index < -0.39 is 15.6 Å². The molecule has 0 radical (unpaired) electrons. The van der Waals surface area contributed by atoms with Gasteiger partial charge in [-0.3, -0.25) is 4.79 Å². The Morgan fingerprint density at radius 3 is 2.64 bits per heavy atom. The summed E-state index contributed by atoms with van der Waals surface area (Å²) in [6.07, 6.45) is 0.347. The topological polar surface area (TPSA) is 75.7 Å². The van der Waals surface area contributed by atoms with Crippen molar-refractivity contribution in [3.05, 3.63) is 18.2 Å². The van der Waals surface area contributed by atoms with Crippen LogP contribution < -0.4 is 14.4 Å². The molecule has 22 heavy (non-hydrogen) atoms. The molecule has 1 aromatic carbocycles. The fourth-order valence-electron chi connectivity index (χ4n) is 2.44. The zero-order valence-electron chi connectivity index (χ0n) is 13.3. The second kappa shape index (κ2) is 5.89. The molecule has 2 rings (SSSR count). The van der Waals surface area contributed by atoms with Crippen molar-refractivity contribution >= 4 is 21.6 Å². The lowest BCUT2D eigenvalue weighted by molar-refractivity contribution is -0.119. The highest BCUT2D eigenvalue weighted by molar-refractivity contribution is 7.89. The molecule has 0 unspecified atom stereocenters. The van der Waals surface area contributed by atoms with E-state index in [1.807, 2.05) is 13.8 Å². The molecule has 6 nitrogen and oxygen atoms in total. The van der Waals surface area contributed by atoms with Gasteiger partial charge in [0, 0.05) is 13.0 Å². The van der Waals surface area contributed by atoms with Gasteiger partial charge in [0.15, 0.2) is 0 Å². The van der Waals surface area contributed by atoms with Gasteiger partial charge in [0.25, 0.3) is 0 Å². The average Bonchev–Trinajstić information content (AvgIpc) is 2.44. The quantitative estimate of drug-likeness (QED) is 0.917. The molecular formula is C15H22N2O4S. The maximum atomic E-state index is 12.2. The number of fused-ring (bicyclic) bond motifs is 1. The summed E-state index contributed by atoms with van der Waals surface area (Å²) >= 11 is 0. The first kappa shape index (κ1) is 16.8. The average molecular weight is 326 g/mol. The number of nitrogens with zero attached hydrogens (tertiary/aromatic N) is 1. The number of amides is 1. The van der Waals surface area contributed by atoms with Crippen LogP contribution >= 0.6 is 0 Å². The van der Waals surface area contributed by atoms with E-state index in [0.29, 0.717) is 30.9 Å². The van der Waals surface area contributed by atoms with E-state index in [-0.39, 0.29) is 10.8 Å². The molecular weight excluding hydrogens is 304 g/mol. The summed E-state index contributed by atoms with van der Waals surface area (Å²) in [6, 6.07) is 4.60. The van der Waals surface area contributed by atoms with Crippen molar-refractivity contribution in [1.29, 1.82) is 0 Å². The van der Waals surface area contributed by atoms with E-state index in [0.717, 1.165) is 0 Å². The van der Waals surface area contributed by atoms with E-state index >= 15 is 0 Å². The smallest absolute Gasteiger partial charge is 0.240 e. The SMILES string of the molecule is CCNS(=O)(=O)c1ccc2c(c1)N(C(=O)CC)CC(C)(C)O2. The van der Waals surface area contributed by atoms with Gasteiger partial charge in [0.1, 0.15) is 11.4 Å². The zero-order valence-corrected chi connectivity index (χ0v) is 14.2. The minimum absolute atomic E-state index is 0.0596. The van der Waals surface area contributed by atoms with Crippen LogP contribution in [0.1, 0.15) is 34.1 Å². The first-order valence-corrected chi connectivity index (χ1v) is 8.81. The van der Waals surface area contributed by atoms with Crippen LogP contribution in [0.25, 0.3) is 0 Å². The van der Waals surface area contributed by atoms with Crippen molar-refractivity contribution in [2.45, 2.75) is 44.6 Å². The Morgan fingerprint density at radius 2 is 2.05 bits per heavy atom. The number of benzene rings is 1. The Bertz CT molecular complexity index is 683. The number of rotatable bonds is 4. The van der Waals surface area contributed by atoms with Crippen LogP contribution in [0.2, 0.25) is 0 Å². The summed E-state index contributed by atoms with van der Waals surface area (Å²) in [5, 5.41) is 0. The van der Waals surface area contributed by atoms with Gasteiger partial charge in [-0.05, 0) is 32.0 Å². The molecule has 0 spiro atoms. The van der Waals surface area contributed by atoms with Crippen LogP contribution in [0, 0.1) is 0 Å². The van der Waals surface area contributed by atoms with Gasteiger partial charge in [-0.25, -0.2) is 13.1 Å². The highest BCUT2D eigenvalue weighted by Gasteiger charge is 2.35. The summed E-state index contributed by atoms with van der Waals surface area (Å²) in [4.78, 5) is 13.9. The van der Waals surface area contributed by atoms with Crippen molar-refractivity contribution < 1.29 is 17.9 Å². The third-order valence-electron chi connectivity index (χ3n) is 3.39. The fourth-order valence-corrected chi connectivity index (χ4v) is 3.50. The Morgan fingerprint density at radius 1 is 1.36 bits per heavy atom. The van der Waals surface area contributed by atoms with E-state index in [1.165, 1.54) is 12.1 Å². The monoisotopic (exact) mass is 326 g/mol.